The molecular weight excluding hydrogens is 226 g/mol. The van der Waals surface area contributed by atoms with Crippen molar-refractivity contribution in [2.45, 2.75) is 13.3 Å². The lowest BCUT2D eigenvalue weighted by molar-refractivity contribution is 0.543. The van der Waals surface area contributed by atoms with Crippen molar-refractivity contribution in [3.05, 3.63) is 28.9 Å². The molecule has 2 N–H and O–H groups in total. The number of hydrogen-bond donors (Lipinski definition) is 1. The quantitative estimate of drug-likeness (QED) is 0.893. The summed E-state index contributed by atoms with van der Waals surface area (Å²) in [6, 6.07) is 3.80. The van der Waals surface area contributed by atoms with Crippen LogP contribution in [0.15, 0.2) is 16.5 Å². The number of nitrogens with zero attached hydrogens (tertiary/aromatic N) is 2. The summed E-state index contributed by atoms with van der Waals surface area (Å²) in [6.45, 7) is 2.45. The molecule has 0 bridgehead atoms. The van der Waals surface area contributed by atoms with Gasteiger partial charge >= 0.3 is 0 Å². The van der Waals surface area contributed by atoms with E-state index in [0.717, 1.165) is 23.0 Å². The summed E-state index contributed by atoms with van der Waals surface area (Å²) >= 11 is 6.10. The normalized spacial score (nSPS) is 11.0. The molecule has 0 saturated heterocycles. The van der Waals surface area contributed by atoms with Crippen molar-refractivity contribution in [2.24, 2.45) is 12.8 Å². The van der Waals surface area contributed by atoms with E-state index < -0.39 is 0 Å². The second-order valence-corrected chi connectivity index (χ2v) is 4.03. The van der Waals surface area contributed by atoms with Gasteiger partial charge in [0.05, 0.1) is 0 Å². The molecule has 2 heterocycles. The molecule has 0 unspecified atom stereocenters. The van der Waals surface area contributed by atoms with E-state index >= 15 is 0 Å². The van der Waals surface area contributed by atoms with Crippen LogP contribution in [-0.4, -0.2) is 16.1 Å². The molecule has 2 aromatic rings. The Balaban J connectivity index is 2.48. The minimum Gasteiger partial charge on any atom is -0.460 e. The lowest BCUT2D eigenvalue weighted by Crippen LogP contribution is -2.08. The molecule has 0 aliphatic heterocycles. The zero-order valence-electron chi connectivity index (χ0n) is 9.33. The van der Waals surface area contributed by atoms with Gasteiger partial charge in [-0.1, -0.05) is 11.6 Å². The molecule has 0 aliphatic rings. The zero-order chi connectivity index (χ0) is 11.7. The summed E-state index contributed by atoms with van der Waals surface area (Å²) in [5.74, 6) is 2.46. The van der Waals surface area contributed by atoms with Gasteiger partial charge in [-0.05, 0) is 25.6 Å². The molecule has 0 spiro atoms. The van der Waals surface area contributed by atoms with Crippen LogP contribution in [0.25, 0.3) is 11.5 Å². The molecule has 0 saturated carbocycles. The van der Waals surface area contributed by atoms with Crippen LogP contribution < -0.4 is 5.73 Å². The standard InChI is InChI=1S/C11H14ClN3O/c1-7-3-4-8(16-7)10-11(12)14-9(5-6-13)15(10)2/h3-4H,5-6,13H2,1-2H3. The number of hydrogen-bond acceptors (Lipinski definition) is 3. The van der Waals surface area contributed by atoms with Crippen molar-refractivity contribution in [3.8, 4) is 11.5 Å². The predicted molar refractivity (Wildman–Crippen MR) is 63.4 cm³/mol. The van der Waals surface area contributed by atoms with Gasteiger partial charge in [0.15, 0.2) is 10.9 Å². The van der Waals surface area contributed by atoms with Crippen molar-refractivity contribution in [1.82, 2.24) is 9.55 Å². The Hall–Kier alpha value is -1.26. The van der Waals surface area contributed by atoms with Crippen LogP contribution >= 0.6 is 11.6 Å². The lowest BCUT2D eigenvalue weighted by atomic mass is 10.3. The molecule has 16 heavy (non-hydrogen) atoms. The number of aryl methyl sites for hydroxylation is 1. The second kappa shape index (κ2) is 4.31. The Morgan fingerprint density at radius 3 is 2.81 bits per heavy atom. The third-order valence-electron chi connectivity index (χ3n) is 2.49. The smallest absolute Gasteiger partial charge is 0.158 e. The largest absolute Gasteiger partial charge is 0.460 e. The number of halogens is 1. The van der Waals surface area contributed by atoms with Crippen LogP contribution in [-0.2, 0) is 13.5 Å². The van der Waals surface area contributed by atoms with E-state index in [-0.39, 0.29) is 0 Å². The maximum absolute atomic E-state index is 6.10. The molecule has 0 fully saturated rings. The summed E-state index contributed by atoms with van der Waals surface area (Å²) in [5, 5.41) is 0.459. The van der Waals surface area contributed by atoms with Gasteiger partial charge in [0.25, 0.3) is 0 Å². The third-order valence-corrected chi connectivity index (χ3v) is 2.75. The minimum atomic E-state index is 0.459. The molecule has 2 aromatic heterocycles. The van der Waals surface area contributed by atoms with Crippen molar-refractivity contribution in [3.63, 3.8) is 0 Å². The van der Waals surface area contributed by atoms with Gasteiger partial charge in [0.2, 0.25) is 0 Å². The number of aromatic nitrogens is 2. The van der Waals surface area contributed by atoms with E-state index in [1.165, 1.54) is 0 Å². The van der Waals surface area contributed by atoms with Gasteiger partial charge in [-0.25, -0.2) is 4.98 Å². The second-order valence-electron chi connectivity index (χ2n) is 3.68. The number of furan rings is 1. The fraction of sp³-hybridized carbons (Fsp3) is 0.364. The maximum atomic E-state index is 6.10. The SMILES string of the molecule is Cc1ccc(-c2c(Cl)nc(CCN)n2C)o1. The first kappa shape index (κ1) is 11.2. The molecule has 2 rings (SSSR count). The monoisotopic (exact) mass is 239 g/mol. The van der Waals surface area contributed by atoms with E-state index in [9.17, 15) is 0 Å². The van der Waals surface area contributed by atoms with Gasteiger partial charge in [0.1, 0.15) is 17.3 Å². The van der Waals surface area contributed by atoms with Crippen LogP contribution in [0.1, 0.15) is 11.6 Å². The molecule has 0 atom stereocenters. The van der Waals surface area contributed by atoms with E-state index in [1.807, 2.05) is 30.7 Å². The van der Waals surface area contributed by atoms with Gasteiger partial charge in [0, 0.05) is 13.5 Å². The van der Waals surface area contributed by atoms with Gasteiger partial charge in [-0.15, -0.1) is 0 Å². The molecular formula is C11H14ClN3O. The first-order valence-corrected chi connectivity index (χ1v) is 5.49. The van der Waals surface area contributed by atoms with Gasteiger partial charge < -0.3 is 14.7 Å². The zero-order valence-corrected chi connectivity index (χ0v) is 10.1. The summed E-state index contributed by atoms with van der Waals surface area (Å²) in [6.07, 6.45) is 0.704. The van der Waals surface area contributed by atoms with Crippen molar-refractivity contribution >= 4 is 11.6 Å². The molecule has 0 aromatic carbocycles. The summed E-state index contributed by atoms with van der Waals surface area (Å²) < 4.78 is 7.47. The Kier molecular flexibility index (Phi) is 3.03. The highest BCUT2D eigenvalue weighted by Gasteiger charge is 2.16. The fourth-order valence-corrected chi connectivity index (χ4v) is 2.01. The van der Waals surface area contributed by atoms with Crippen LogP contribution in [0.2, 0.25) is 5.15 Å². The Morgan fingerprint density at radius 1 is 1.50 bits per heavy atom. The predicted octanol–water partition coefficient (Wildman–Crippen LogP) is 2.14. The van der Waals surface area contributed by atoms with Crippen LogP contribution in [0.3, 0.4) is 0 Å². The van der Waals surface area contributed by atoms with E-state index in [0.29, 0.717) is 18.1 Å². The molecule has 0 amide bonds. The van der Waals surface area contributed by atoms with Crippen LogP contribution in [0.4, 0.5) is 0 Å². The lowest BCUT2D eigenvalue weighted by Gasteiger charge is -2.02. The van der Waals surface area contributed by atoms with Crippen molar-refractivity contribution in [2.75, 3.05) is 6.54 Å². The van der Waals surface area contributed by atoms with E-state index in [4.69, 9.17) is 21.8 Å². The molecule has 5 heteroatoms. The van der Waals surface area contributed by atoms with Crippen molar-refractivity contribution in [1.29, 1.82) is 0 Å². The fourth-order valence-electron chi connectivity index (χ4n) is 1.69. The van der Waals surface area contributed by atoms with Crippen LogP contribution in [0, 0.1) is 6.92 Å². The van der Waals surface area contributed by atoms with Crippen molar-refractivity contribution < 1.29 is 4.42 Å². The molecule has 4 nitrogen and oxygen atoms in total. The van der Waals surface area contributed by atoms with Gasteiger partial charge in [-0.2, -0.15) is 0 Å². The first-order chi connectivity index (χ1) is 7.63. The highest BCUT2D eigenvalue weighted by molar-refractivity contribution is 6.31. The topological polar surface area (TPSA) is 57.0 Å². The number of imidazole rings is 1. The first-order valence-electron chi connectivity index (χ1n) is 5.11. The average Bonchev–Trinajstić information content (AvgIpc) is 2.74. The van der Waals surface area contributed by atoms with Crippen LogP contribution in [0.5, 0.6) is 0 Å². The van der Waals surface area contributed by atoms with Gasteiger partial charge in [-0.3, -0.25) is 0 Å². The summed E-state index contributed by atoms with van der Waals surface area (Å²) in [7, 11) is 1.91. The highest BCUT2D eigenvalue weighted by atomic mass is 35.5. The molecule has 0 aliphatic carbocycles. The number of nitrogens with two attached hydrogens (primary N) is 1. The van der Waals surface area contributed by atoms with E-state index in [1.54, 1.807) is 0 Å². The Morgan fingerprint density at radius 2 is 2.25 bits per heavy atom. The minimum absolute atomic E-state index is 0.459. The summed E-state index contributed by atoms with van der Waals surface area (Å²) in [5.41, 5.74) is 6.32. The maximum Gasteiger partial charge on any atom is 0.158 e. The third kappa shape index (κ3) is 1.86. The Bertz CT molecular complexity index is 501. The molecule has 0 radical (unpaired) electrons. The summed E-state index contributed by atoms with van der Waals surface area (Å²) in [4.78, 5) is 4.27. The van der Waals surface area contributed by atoms with E-state index in [2.05, 4.69) is 4.98 Å². The molecule has 86 valence electrons. The average molecular weight is 240 g/mol. The number of rotatable bonds is 3. The Labute approximate surface area is 99.0 Å². The highest BCUT2D eigenvalue weighted by Crippen LogP contribution is 2.29.